The summed E-state index contributed by atoms with van der Waals surface area (Å²) in [5.41, 5.74) is 1.26. The first-order valence-corrected chi connectivity index (χ1v) is 10.3. The van der Waals surface area contributed by atoms with Gasteiger partial charge in [-0.2, -0.15) is 0 Å². The third-order valence-corrected chi connectivity index (χ3v) is 5.97. The first-order valence-electron chi connectivity index (χ1n) is 10.3. The lowest BCUT2D eigenvalue weighted by Gasteiger charge is -2.29. The Morgan fingerprint density at radius 3 is 1.97 bits per heavy atom. The van der Waals surface area contributed by atoms with Crippen LogP contribution >= 0.6 is 0 Å². The zero-order chi connectivity index (χ0) is 22.8. The van der Waals surface area contributed by atoms with E-state index in [1.165, 1.54) is 12.1 Å². The van der Waals surface area contributed by atoms with Crippen molar-refractivity contribution in [1.82, 2.24) is 0 Å². The summed E-state index contributed by atoms with van der Waals surface area (Å²) in [6.45, 7) is 0.107. The van der Waals surface area contributed by atoms with Crippen LogP contribution in [0.1, 0.15) is 37.2 Å². The van der Waals surface area contributed by atoms with Gasteiger partial charge < -0.3 is 4.74 Å². The Morgan fingerprint density at radius 2 is 1.34 bits per heavy atom. The van der Waals surface area contributed by atoms with Crippen molar-refractivity contribution in [2.24, 2.45) is 5.92 Å². The summed E-state index contributed by atoms with van der Waals surface area (Å²) < 4.78 is 87.0. The molecule has 0 heterocycles. The van der Waals surface area contributed by atoms with Crippen LogP contribution in [0.4, 0.5) is 26.3 Å². The van der Waals surface area contributed by atoms with E-state index in [4.69, 9.17) is 4.74 Å². The lowest BCUT2D eigenvalue weighted by molar-refractivity contribution is 0.187. The third-order valence-electron chi connectivity index (χ3n) is 5.97. The van der Waals surface area contributed by atoms with E-state index in [0.717, 1.165) is 43.4 Å². The highest BCUT2D eigenvalue weighted by Crippen LogP contribution is 2.38. The molecule has 32 heavy (non-hydrogen) atoms. The molecule has 0 saturated heterocycles. The maximum Gasteiger partial charge on any atom is 0.190 e. The van der Waals surface area contributed by atoms with Gasteiger partial charge in [-0.15, -0.1) is 0 Å². The zero-order valence-electron chi connectivity index (χ0n) is 17.0. The van der Waals surface area contributed by atoms with E-state index in [9.17, 15) is 26.3 Å². The molecule has 0 aliphatic heterocycles. The molecule has 0 spiro atoms. The second-order valence-corrected chi connectivity index (χ2v) is 8.10. The van der Waals surface area contributed by atoms with Gasteiger partial charge in [-0.05, 0) is 66.8 Å². The van der Waals surface area contributed by atoms with Crippen molar-refractivity contribution in [1.29, 1.82) is 0 Å². The van der Waals surface area contributed by atoms with Crippen LogP contribution in [0.15, 0.2) is 48.5 Å². The first-order chi connectivity index (χ1) is 15.3. The van der Waals surface area contributed by atoms with E-state index in [1.54, 1.807) is 12.1 Å². The maximum atomic E-state index is 14.7. The molecule has 0 N–H and O–H groups in total. The van der Waals surface area contributed by atoms with Gasteiger partial charge in [0.1, 0.15) is 11.6 Å². The molecule has 1 fully saturated rings. The van der Waals surface area contributed by atoms with E-state index in [2.05, 4.69) is 0 Å². The summed E-state index contributed by atoms with van der Waals surface area (Å²) in [5.74, 6) is -6.09. The Bertz CT molecular complexity index is 1100. The van der Waals surface area contributed by atoms with Crippen LogP contribution in [-0.2, 0) is 0 Å². The lowest BCUT2D eigenvalue weighted by Crippen LogP contribution is -2.20. The monoisotopic (exact) mass is 450 g/mol. The van der Waals surface area contributed by atoms with E-state index in [0.29, 0.717) is 12.1 Å². The Morgan fingerprint density at radius 1 is 0.656 bits per heavy atom. The first kappa shape index (κ1) is 22.2. The molecule has 1 saturated carbocycles. The topological polar surface area (TPSA) is 9.23 Å². The average molecular weight is 450 g/mol. The fourth-order valence-electron chi connectivity index (χ4n) is 4.21. The maximum absolute atomic E-state index is 14.7. The van der Waals surface area contributed by atoms with Gasteiger partial charge in [0.25, 0.3) is 0 Å². The minimum atomic E-state index is -1.08. The Labute approximate surface area is 181 Å². The molecule has 3 aromatic rings. The SMILES string of the molecule is Fc1cc(F)c(OCC2CCC(c3ccc(-c4ccc(F)c(F)c4)c(F)c3)CC2)c(F)c1. The number of hydrogen-bond donors (Lipinski definition) is 0. The predicted octanol–water partition coefficient (Wildman–Crippen LogP) is 7.54. The zero-order valence-corrected chi connectivity index (χ0v) is 17.0. The van der Waals surface area contributed by atoms with Crippen molar-refractivity contribution in [3.63, 3.8) is 0 Å². The summed E-state index contributed by atoms with van der Waals surface area (Å²) in [4.78, 5) is 0. The highest BCUT2D eigenvalue weighted by molar-refractivity contribution is 5.64. The van der Waals surface area contributed by atoms with Gasteiger partial charge in [0.15, 0.2) is 29.0 Å². The second kappa shape index (κ2) is 9.27. The van der Waals surface area contributed by atoms with Gasteiger partial charge >= 0.3 is 0 Å². The van der Waals surface area contributed by atoms with Crippen LogP contribution in [0, 0.1) is 40.8 Å². The minimum absolute atomic E-state index is 0.0708. The number of benzene rings is 3. The molecule has 0 bridgehead atoms. The lowest BCUT2D eigenvalue weighted by atomic mass is 9.78. The summed E-state index contributed by atoms with van der Waals surface area (Å²) in [5, 5.41) is 0. The number of ether oxygens (including phenoxy) is 1. The van der Waals surface area contributed by atoms with Crippen molar-refractivity contribution in [2.75, 3.05) is 6.61 Å². The number of rotatable bonds is 5. The largest absolute Gasteiger partial charge is 0.487 e. The summed E-state index contributed by atoms with van der Waals surface area (Å²) in [6, 6.07) is 9.17. The molecule has 0 radical (unpaired) electrons. The normalized spacial score (nSPS) is 18.6. The quantitative estimate of drug-likeness (QED) is 0.365. The Hall–Kier alpha value is -2.96. The molecule has 0 unspecified atom stereocenters. The fraction of sp³-hybridized carbons (Fsp3) is 0.280. The Kier molecular flexibility index (Phi) is 6.44. The van der Waals surface area contributed by atoms with Gasteiger partial charge in [-0.25, -0.2) is 26.3 Å². The van der Waals surface area contributed by atoms with E-state index >= 15 is 0 Å². The number of halogens is 6. The van der Waals surface area contributed by atoms with Gasteiger partial charge in [0.05, 0.1) is 6.61 Å². The van der Waals surface area contributed by atoms with Crippen molar-refractivity contribution < 1.29 is 31.1 Å². The Balaban J connectivity index is 1.37. The molecule has 1 aliphatic rings. The molecule has 3 aromatic carbocycles. The van der Waals surface area contributed by atoms with Crippen LogP contribution in [0.5, 0.6) is 5.75 Å². The molecule has 1 nitrogen and oxygen atoms in total. The van der Waals surface area contributed by atoms with Gasteiger partial charge in [-0.3, -0.25) is 0 Å². The van der Waals surface area contributed by atoms with Crippen LogP contribution in [0.3, 0.4) is 0 Å². The second-order valence-electron chi connectivity index (χ2n) is 8.10. The summed E-state index contributed by atoms with van der Waals surface area (Å²) in [6.07, 6.45) is 2.93. The molecule has 7 heteroatoms. The molecule has 0 aromatic heterocycles. The fourth-order valence-corrected chi connectivity index (χ4v) is 4.21. The minimum Gasteiger partial charge on any atom is -0.487 e. The van der Waals surface area contributed by atoms with Crippen molar-refractivity contribution >= 4 is 0 Å². The molecule has 4 rings (SSSR count). The summed E-state index contributed by atoms with van der Waals surface area (Å²) >= 11 is 0. The van der Waals surface area contributed by atoms with Crippen LogP contribution in [0.2, 0.25) is 0 Å². The third kappa shape index (κ3) is 4.76. The predicted molar refractivity (Wildman–Crippen MR) is 108 cm³/mol. The van der Waals surface area contributed by atoms with Crippen LogP contribution < -0.4 is 4.74 Å². The van der Waals surface area contributed by atoms with Gasteiger partial charge in [-0.1, -0.05) is 18.2 Å². The van der Waals surface area contributed by atoms with Gasteiger partial charge in [0, 0.05) is 17.7 Å². The van der Waals surface area contributed by atoms with E-state index in [1.807, 2.05) is 0 Å². The van der Waals surface area contributed by atoms with Crippen molar-refractivity contribution in [3.8, 4) is 16.9 Å². The van der Waals surface area contributed by atoms with Crippen LogP contribution in [0.25, 0.3) is 11.1 Å². The van der Waals surface area contributed by atoms with Crippen molar-refractivity contribution in [3.05, 3.63) is 89.0 Å². The summed E-state index contributed by atoms with van der Waals surface area (Å²) in [7, 11) is 0. The number of hydrogen-bond acceptors (Lipinski definition) is 1. The molecule has 0 amide bonds. The highest BCUT2D eigenvalue weighted by atomic mass is 19.2. The average Bonchev–Trinajstić information content (AvgIpc) is 2.75. The standard InChI is InChI=1S/C25H20F6O/c26-18-11-23(30)25(24(31)12-18)32-13-14-1-3-15(4-2-14)16-5-7-19(21(28)9-16)17-6-8-20(27)22(29)10-17/h5-12,14-15H,1-4,13H2. The van der Waals surface area contributed by atoms with Crippen molar-refractivity contribution in [2.45, 2.75) is 31.6 Å². The van der Waals surface area contributed by atoms with E-state index in [-0.39, 0.29) is 29.6 Å². The molecular formula is C25H20F6O. The molecule has 0 atom stereocenters. The molecular weight excluding hydrogens is 430 g/mol. The van der Waals surface area contributed by atoms with Crippen LogP contribution in [-0.4, -0.2) is 6.61 Å². The highest BCUT2D eigenvalue weighted by Gasteiger charge is 2.25. The van der Waals surface area contributed by atoms with Gasteiger partial charge in [0.2, 0.25) is 0 Å². The molecule has 1 aliphatic carbocycles. The van der Waals surface area contributed by atoms with E-state index < -0.39 is 40.7 Å². The smallest absolute Gasteiger partial charge is 0.190 e. The molecule has 168 valence electrons.